The minimum atomic E-state index is -0.556. The Morgan fingerprint density at radius 1 is 1.50 bits per heavy atom. The standard InChI is InChI=1S/C12H9BrClFN2O2S/c13-7-3-8(14)9(15)4-10(7)19-5-6-1-2-11(20-6)12(18)17-16/h1-4H,5,16H2,(H,17,18). The first kappa shape index (κ1) is 15.2. The molecule has 4 nitrogen and oxygen atoms in total. The molecule has 8 heteroatoms. The number of nitrogens with two attached hydrogens (primary N) is 1. The molecule has 1 heterocycles. The molecular formula is C12H9BrClFN2O2S. The normalized spacial score (nSPS) is 10.4. The Balaban J connectivity index is 2.07. The highest BCUT2D eigenvalue weighted by Crippen LogP contribution is 2.31. The molecule has 0 saturated heterocycles. The Morgan fingerprint density at radius 3 is 2.95 bits per heavy atom. The molecule has 0 aliphatic heterocycles. The molecule has 0 fully saturated rings. The molecule has 0 atom stereocenters. The molecular weight excluding hydrogens is 371 g/mol. The lowest BCUT2D eigenvalue weighted by Crippen LogP contribution is -2.29. The molecule has 106 valence electrons. The Hall–Kier alpha value is -1.15. The monoisotopic (exact) mass is 378 g/mol. The van der Waals surface area contributed by atoms with Gasteiger partial charge < -0.3 is 4.74 Å². The van der Waals surface area contributed by atoms with Crippen molar-refractivity contribution in [3.05, 3.63) is 49.3 Å². The molecule has 1 aromatic heterocycles. The van der Waals surface area contributed by atoms with E-state index in [1.807, 2.05) is 0 Å². The fraction of sp³-hybridized carbons (Fsp3) is 0.0833. The van der Waals surface area contributed by atoms with Gasteiger partial charge in [0.1, 0.15) is 18.2 Å². The number of nitrogens with one attached hydrogen (secondary N) is 1. The van der Waals surface area contributed by atoms with E-state index in [0.29, 0.717) is 15.1 Å². The zero-order valence-corrected chi connectivity index (χ0v) is 13.1. The summed E-state index contributed by atoms with van der Waals surface area (Å²) in [4.78, 5) is 12.6. The second-order valence-corrected chi connectivity index (χ2v) is 6.15. The zero-order chi connectivity index (χ0) is 14.7. The number of carbonyl (C=O) groups is 1. The van der Waals surface area contributed by atoms with E-state index in [-0.39, 0.29) is 17.5 Å². The van der Waals surface area contributed by atoms with Gasteiger partial charge in [-0.15, -0.1) is 11.3 Å². The summed E-state index contributed by atoms with van der Waals surface area (Å²) in [6.07, 6.45) is 0. The Kier molecular flexibility index (Phi) is 4.98. The van der Waals surface area contributed by atoms with Gasteiger partial charge in [0.15, 0.2) is 0 Å². The van der Waals surface area contributed by atoms with Crippen LogP contribution in [0.1, 0.15) is 14.5 Å². The third-order valence-electron chi connectivity index (χ3n) is 2.36. The van der Waals surface area contributed by atoms with Gasteiger partial charge in [-0.25, -0.2) is 10.2 Å². The van der Waals surface area contributed by atoms with Gasteiger partial charge in [-0.2, -0.15) is 0 Å². The van der Waals surface area contributed by atoms with Gasteiger partial charge in [0.05, 0.1) is 14.4 Å². The number of thiophene rings is 1. The van der Waals surface area contributed by atoms with Gasteiger partial charge in [0.2, 0.25) is 0 Å². The van der Waals surface area contributed by atoms with Gasteiger partial charge in [-0.05, 0) is 34.1 Å². The molecule has 1 aromatic carbocycles. The maximum absolute atomic E-state index is 13.3. The molecule has 0 unspecified atom stereocenters. The number of halogens is 3. The van der Waals surface area contributed by atoms with Crippen molar-refractivity contribution in [3.8, 4) is 5.75 Å². The minimum Gasteiger partial charge on any atom is -0.487 e. The van der Waals surface area contributed by atoms with E-state index in [9.17, 15) is 9.18 Å². The summed E-state index contributed by atoms with van der Waals surface area (Å²) in [7, 11) is 0. The second kappa shape index (κ2) is 6.53. The summed E-state index contributed by atoms with van der Waals surface area (Å²) in [6, 6.07) is 6.01. The predicted octanol–water partition coefficient (Wildman–Crippen LogP) is 3.49. The molecule has 2 rings (SSSR count). The maximum atomic E-state index is 13.3. The van der Waals surface area contributed by atoms with E-state index in [4.69, 9.17) is 22.2 Å². The minimum absolute atomic E-state index is 0.0160. The topological polar surface area (TPSA) is 64.3 Å². The molecule has 2 aromatic rings. The number of hydrogen-bond acceptors (Lipinski definition) is 4. The predicted molar refractivity (Wildman–Crippen MR) is 79.4 cm³/mol. The third kappa shape index (κ3) is 3.49. The van der Waals surface area contributed by atoms with E-state index < -0.39 is 5.82 Å². The van der Waals surface area contributed by atoms with Crippen molar-refractivity contribution in [3.63, 3.8) is 0 Å². The van der Waals surface area contributed by atoms with Gasteiger partial charge in [-0.1, -0.05) is 11.6 Å². The van der Waals surface area contributed by atoms with Crippen LogP contribution >= 0.6 is 38.9 Å². The summed E-state index contributed by atoms with van der Waals surface area (Å²) in [5.74, 6) is 4.47. The van der Waals surface area contributed by atoms with E-state index in [1.165, 1.54) is 23.5 Å². The third-order valence-corrected chi connectivity index (χ3v) is 4.33. The summed E-state index contributed by atoms with van der Waals surface area (Å²) >= 11 is 10.1. The molecule has 0 bridgehead atoms. The smallest absolute Gasteiger partial charge is 0.275 e. The van der Waals surface area contributed by atoms with Crippen LogP contribution in [-0.4, -0.2) is 5.91 Å². The molecule has 3 N–H and O–H groups in total. The first-order valence-corrected chi connectivity index (χ1v) is 7.37. The number of carbonyl (C=O) groups excluding carboxylic acids is 1. The maximum Gasteiger partial charge on any atom is 0.275 e. The van der Waals surface area contributed by atoms with E-state index >= 15 is 0 Å². The lowest BCUT2D eigenvalue weighted by molar-refractivity contribution is 0.0957. The van der Waals surface area contributed by atoms with Crippen LogP contribution in [0.15, 0.2) is 28.7 Å². The number of amides is 1. The Labute approximate surface area is 131 Å². The highest BCUT2D eigenvalue weighted by Gasteiger charge is 2.10. The quantitative estimate of drug-likeness (QED) is 0.370. The van der Waals surface area contributed by atoms with Gasteiger partial charge in [-0.3, -0.25) is 10.2 Å². The number of ether oxygens (including phenoxy) is 1. The SMILES string of the molecule is NNC(=O)c1ccc(COc2cc(F)c(Cl)cc2Br)s1. The van der Waals surface area contributed by atoms with Crippen LogP contribution in [0, 0.1) is 5.82 Å². The number of nitrogen functional groups attached to an aromatic ring is 1. The average molecular weight is 380 g/mol. The summed E-state index contributed by atoms with van der Waals surface area (Å²) < 4.78 is 19.4. The van der Waals surface area contributed by atoms with Gasteiger partial charge in [0.25, 0.3) is 5.91 Å². The highest BCUT2D eigenvalue weighted by atomic mass is 79.9. The van der Waals surface area contributed by atoms with Crippen LogP contribution in [0.3, 0.4) is 0 Å². The van der Waals surface area contributed by atoms with Gasteiger partial charge in [0, 0.05) is 10.9 Å². The van der Waals surface area contributed by atoms with Crippen molar-refractivity contribution in [1.82, 2.24) is 5.43 Å². The lowest BCUT2D eigenvalue weighted by Gasteiger charge is -2.07. The molecule has 0 saturated carbocycles. The summed E-state index contributed by atoms with van der Waals surface area (Å²) in [5, 5.41) is 0.0160. The molecule has 1 amide bonds. The lowest BCUT2D eigenvalue weighted by atomic mass is 10.3. The fourth-order valence-corrected chi connectivity index (χ4v) is 2.99. The second-order valence-electron chi connectivity index (χ2n) is 3.72. The van der Waals surface area contributed by atoms with Crippen molar-refractivity contribution in [1.29, 1.82) is 0 Å². The van der Waals surface area contributed by atoms with Crippen LogP contribution in [0.25, 0.3) is 0 Å². The van der Waals surface area contributed by atoms with Crippen LogP contribution in [0.2, 0.25) is 5.02 Å². The van der Waals surface area contributed by atoms with Crippen molar-refractivity contribution in [2.24, 2.45) is 5.84 Å². The highest BCUT2D eigenvalue weighted by molar-refractivity contribution is 9.10. The largest absolute Gasteiger partial charge is 0.487 e. The fourth-order valence-electron chi connectivity index (χ4n) is 1.41. The number of hydrogen-bond donors (Lipinski definition) is 2. The van der Waals surface area contributed by atoms with Crippen molar-refractivity contribution in [2.75, 3.05) is 0 Å². The van der Waals surface area contributed by atoms with Crippen LogP contribution in [0.4, 0.5) is 4.39 Å². The van der Waals surface area contributed by atoms with E-state index in [0.717, 1.165) is 4.88 Å². The molecule has 20 heavy (non-hydrogen) atoms. The van der Waals surface area contributed by atoms with Gasteiger partial charge >= 0.3 is 0 Å². The zero-order valence-electron chi connectivity index (χ0n) is 9.95. The number of benzene rings is 1. The number of hydrazine groups is 1. The Morgan fingerprint density at radius 2 is 2.25 bits per heavy atom. The molecule has 0 aliphatic carbocycles. The molecule has 0 spiro atoms. The first-order valence-electron chi connectivity index (χ1n) is 5.38. The number of rotatable bonds is 4. The van der Waals surface area contributed by atoms with Crippen LogP contribution in [0.5, 0.6) is 5.75 Å². The van der Waals surface area contributed by atoms with E-state index in [2.05, 4.69) is 21.4 Å². The average Bonchev–Trinajstić information content (AvgIpc) is 2.89. The first-order chi connectivity index (χ1) is 9.51. The van der Waals surface area contributed by atoms with Crippen molar-refractivity contribution in [2.45, 2.75) is 6.61 Å². The summed E-state index contributed by atoms with van der Waals surface area (Å²) in [5.41, 5.74) is 2.05. The van der Waals surface area contributed by atoms with Crippen LogP contribution < -0.4 is 16.0 Å². The van der Waals surface area contributed by atoms with Crippen LogP contribution in [-0.2, 0) is 6.61 Å². The molecule has 0 aliphatic rings. The van der Waals surface area contributed by atoms with Crippen molar-refractivity contribution < 1.29 is 13.9 Å². The summed E-state index contributed by atoms with van der Waals surface area (Å²) in [6.45, 7) is 0.211. The van der Waals surface area contributed by atoms with Crippen molar-refractivity contribution >= 4 is 44.8 Å². The van der Waals surface area contributed by atoms with E-state index in [1.54, 1.807) is 12.1 Å². The molecule has 0 radical (unpaired) electrons. The Bertz CT molecular complexity index is 650.